The van der Waals surface area contributed by atoms with Crippen LogP contribution in [0.15, 0.2) is 30.3 Å². The molecule has 0 radical (unpaired) electrons. The van der Waals surface area contributed by atoms with E-state index < -0.39 is 0 Å². The Morgan fingerprint density at radius 3 is 2.65 bits per heavy atom. The Morgan fingerprint density at radius 2 is 2.06 bits per heavy atom. The SMILES string of the molecule is COCCNC(Cc1ccccc1)NC(C)=O. The van der Waals surface area contributed by atoms with Gasteiger partial charge in [0.05, 0.1) is 12.8 Å². The predicted molar refractivity (Wildman–Crippen MR) is 67.6 cm³/mol. The monoisotopic (exact) mass is 236 g/mol. The molecule has 0 aliphatic rings. The molecule has 0 aromatic heterocycles. The van der Waals surface area contributed by atoms with E-state index in [2.05, 4.69) is 10.6 Å². The number of amides is 1. The first-order chi connectivity index (χ1) is 8.22. The van der Waals surface area contributed by atoms with Crippen LogP contribution in [0.4, 0.5) is 0 Å². The molecule has 17 heavy (non-hydrogen) atoms. The normalized spacial score (nSPS) is 12.1. The van der Waals surface area contributed by atoms with Gasteiger partial charge in [0.2, 0.25) is 5.91 Å². The van der Waals surface area contributed by atoms with Crippen LogP contribution in [-0.4, -0.2) is 32.3 Å². The Balaban J connectivity index is 2.48. The minimum absolute atomic E-state index is 0.0316. The van der Waals surface area contributed by atoms with Gasteiger partial charge in [-0.15, -0.1) is 0 Å². The number of ether oxygens (including phenoxy) is 1. The van der Waals surface area contributed by atoms with E-state index in [0.29, 0.717) is 13.2 Å². The Bertz CT molecular complexity index is 327. The zero-order valence-electron chi connectivity index (χ0n) is 10.4. The highest BCUT2D eigenvalue weighted by Gasteiger charge is 2.09. The Labute approximate surface area is 102 Å². The van der Waals surface area contributed by atoms with Crippen LogP contribution >= 0.6 is 0 Å². The second kappa shape index (κ2) is 7.81. The zero-order chi connectivity index (χ0) is 12.5. The fourth-order valence-electron chi connectivity index (χ4n) is 1.60. The molecule has 0 spiro atoms. The molecular formula is C13H20N2O2. The molecule has 0 fully saturated rings. The topological polar surface area (TPSA) is 50.4 Å². The molecule has 1 unspecified atom stereocenters. The third kappa shape index (κ3) is 6.04. The first-order valence-corrected chi connectivity index (χ1v) is 5.75. The van der Waals surface area contributed by atoms with Crippen LogP contribution in [0.1, 0.15) is 12.5 Å². The van der Waals surface area contributed by atoms with Gasteiger partial charge in [0, 0.05) is 27.0 Å². The lowest BCUT2D eigenvalue weighted by Gasteiger charge is -2.19. The van der Waals surface area contributed by atoms with Gasteiger partial charge in [-0.2, -0.15) is 0 Å². The molecule has 0 saturated carbocycles. The van der Waals surface area contributed by atoms with E-state index in [0.717, 1.165) is 6.42 Å². The maximum atomic E-state index is 11.1. The van der Waals surface area contributed by atoms with E-state index >= 15 is 0 Å². The van der Waals surface area contributed by atoms with Crippen molar-refractivity contribution in [2.75, 3.05) is 20.3 Å². The van der Waals surface area contributed by atoms with E-state index in [-0.39, 0.29) is 12.1 Å². The average Bonchev–Trinajstić information content (AvgIpc) is 2.30. The molecule has 1 rings (SSSR count). The van der Waals surface area contributed by atoms with Crippen LogP contribution in [0.2, 0.25) is 0 Å². The van der Waals surface area contributed by atoms with Gasteiger partial charge >= 0.3 is 0 Å². The standard InChI is InChI=1S/C13H20N2O2/c1-11(16)15-13(14-8-9-17-2)10-12-6-4-3-5-7-12/h3-7,13-14H,8-10H2,1-2H3,(H,15,16). The molecule has 0 heterocycles. The van der Waals surface area contributed by atoms with Crippen LogP contribution in [-0.2, 0) is 16.0 Å². The van der Waals surface area contributed by atoms with Gasteiger partial charge in [-0.25, -0.2) is 0 Å². The quantitative estimate of drug-likeness (QED) is 0.547. The van der Waals surface area contributed by atoms with Crippen LogP contribution in [0, 0.1) is 0 Å². The van der Waals surface area contributed by atoms with Crippen LogP contribution < -0.4 is 10.6 Å². The number of carbonyl (C=O) groups is 1. The lowest BCUT2D eigenvalue weighted by molar-refractivity contribution is -0.119. The van der Waals surface area contributed by atoms with Crippen molar-refractivity contribution >= 4 is 5.91 Å². The molecule has 0 aliphatic carbocycles. The number of benzene rings is 1. The average molecular weight is 236 g/mol. The van der Waals surface area contributed by atoms with E-state index in [4.69, 9.17) is 4.74 Å². The third-order valence-electron chi connectivity index (χ3n) is 2.36. The van der Waals surface area contributed by atoms with Gasteiger partial charge < -0.3 is 10.1 Å². The maximum Gasteiger partial charge on any atom is 0.218 e. The highest BCUT2D eigenvalue weighted by atomic mass is 16.5. The van der Waals surface area contributed by atoms with Crippen molar-refractivity contribution in [3.05, 3.63) is 35.9 Å². The summed E-state index contributed by atoms with van der Waals surface area (Å²) in [5.74, 6) is -0.0316. The van der Waals surface area contributed by atoms with Gasteiger partial charge in [-0.1, -0.05) is 30.3 Å². The molecule has 1 aromatic carbocycles. The summed E-state index contributed by atoms with van der Waals surface area (Å²) in [6.07, 6.45) is 0.717. The Morgan fingerprint density at radius 1 is 1.35 bits per heavy atom. The summed E-state index contributed by atoms with van der Waals surface area (Å²) in [7, 11) is 1.66. The van der Waals surface area contributed by atoms with Crippen LogP contribution in [0.3, 0.4) is 0 Å². The Hall–Kier alpha value is -1.39. The summed E-state index contributed by atoms with van der Waals surface area (Å²) >= 11 is 0. The van der Waals surface area contributed by atoms with Crippen molar-refractivity contribution in [2.45, 2.75) is 19.5 Å². The van der Waals surface area contributed by atoms with Crippen molar-refractivity contribution in [2.24, 2.45) is 0 Å². The number of hydrogen-bond acceptors (Lipinski definition) is 3. The minimum Gasteiger partial charge on any atom is -0.383 e. The molecular weight excluding hydrogens is 216 g/mol. The number of nitrogens with one attached hydrogen (secondary N) is 2. The van der Waals surface area contributed by atoms with Crippen molar-refractivity contribution < 1.29 is 9.53 Å². The van der Waals surface area contributed by atoms with E-state index in [1.807, 2.05) is 30.3 Å². The second-order valence-electron chi connectivity index (χ2n) is 3.89. The Kier molecular flexibility index (Phi) is 6.29. The number of hydrogen-bond donors (Lipinski definition) is 2. The van der Waals surface area contributed by atoms with Gasteiger partial charge in [0.25, 0.3) is 0 Å². The van der Waals surface area contributed by atoms with Gasteiger partial charge in [0.1, 0.15) is 0 Å². The summed E-state index contributed by atoms with van der Waals surface area (Å²) in [6.45, 7) is 2.87. The molecule has 0 saturated heterocycles. The van der Waals surface area contributed by atoms with Gasteiger partial charge in [-0.3, -0.25) is 10.1 Å². The van der Waals surface area contributed by atoms with Crippen LogP contribution in [0.25, 0.3) is 0 Å². The molecule has 2 N–H and O–H groups in total. The lowest BCUT2D eigenvalue weighted by Crippen LogP contribution is -2.47. The van der Waals surface area contributed by atoms with Crippen molar-refractivity contribution in [1.82, 2.24) is 10.6 Å². The smallest absolute Gasteiger partial charge is 0.218 e. The van der Waals surface area contributed by atoms with Crippen molar-refractivity contribution in [3.63, 3.8) is 0 Å². The maximum absolute atomic E-state index is 11.1. The number of rotatable bonds is 7. The summed E-state index contributed by atoms with van der Waals surface area (Å²) in [5.41, 5.74) is 1.19. The predicted octanol–water partition coefficient (Wildman–Crippen LogP) is 0.927. The fraction of sp³-hybridized carbons (Fsp3) is 0.462. The molecule has 4 heteroatoms. The molecule has 94 valence electrons. The van der Waals surface area contributed by atoms with Gasteiger partial charge in [-0.05, 0) is 5.56 Å². The zero-order valence-corrected chi connectivity index (χ0v) is 10.4. The lowest BCUT2D eigenvalue weighted by atomic mass is 10.1. The largest absolute Gasteiger partial charge is 0.383 e. The van der Waals surface area contributed by atoms with E-state index in [1.54, 1.807) is 7.11 Å². The van der Waals surface area contributed by atoms with Crippen molar-refractivity contribution in [1.29, 1.82) is 0 Å². The third-order valence-corrected chi connectivity index (χ3v) is 2.36. The summed E-state index contributed by atoms with van der Waals surface area (Å²) in [5, 5.41) is 6.13. The molecule has 4 nitrogen and oxygen atoms in total. The van der Waals surface area contributed by atoms with Crippen molar-refractivity contribution in [3.8, 4) is 0 Å². The van der Waals surface area contributed by atoms with E-state index in [9.17, 15) is 4.79 Å². The first kappa shape index (κ1) is 13.7. The highest BCUT2D eigenvalue weighted by Crippen LogP contribution is 2.01. The summed E-state index contributed by atoms with van der Waals surface area (Å²) < 4.78 is 4.97. The molecule has 0 aliphatic heterocycles. The van der Waals surface area contributed by atoms with Gasteiger partial charge in [0.15, 0.2) is 0 Å². The molecule has 0 bridgehead atoms. The molecule has 1 aromatic rings. The summed E-state index contributed by atoms with van der Waals surface area (Å²) in [6, 6.07) is 10.1. The number of carbonyl (C=O) groups excluding carboxylic acids is 1. The summed E-state index contributed by atoms with van der Waals surface area (Å²) in [4.78, 5) is 11.1. The number of methoxy groups -OCH3 is 1. The molecule has 1 amide bonds. The van der Waals surface area contributed by atoms with Crippen LogP contribution in [0.5, 0.6) is 0 Å². The molecule has 1 atom stereocenters. The first-order valence-electron chi connectivity index (χ1n) is 5.75. The second-order valence-corrected chi connectivity index (χ2v) is 3.89. The fourth-order valence-corrected chi connectivity index (χ4v) is 1.60. The minimum atomic E-state index is -0.0509. The van der Waals surface area contributed by atoms with E-state index in [1.165, 1.54) is 12.5 Å². The highest BCUT2D eigenvalue weighted by molar-refractivity contribution is 5.73.